The van der Waals surface area contributed by atoms with E-state index in [2.05, 4.69) is 15.9 Å². The SMILES string of the molecule is CC(C)(C(=O)CBr)c1ccc(Cl)cc1. The lowest BCUT2D eigenvalue weighted by Crippen LogP contribution is -2.29. The van der Waals surface area contributed by atoms with E-state index in [9.17, 15) is 4.79 Å². The van der Waals surface area contributed by atoms with Crippen LogP contribution in [0.3, 0.4) is 0 Å². The number of carbonyl (C=O) groups is 1. The smallest absolute Gasteiger partial charge is 0.153 e. The van der Waals surface area contributed by atoms with Crippen LogP contribution in [0, 0.1) is 0 Å². The maximum atomic E-state index is 11.6. The Bertz CT molecular complexity index is 330. The predicted molar refractivity (Wildman–Crippen MR) is 63.3 cm³/mol. The fraction of sp³-hybridized carbons (Fsp3) is 0.364. The van der Waals surface area contributed by atoms with Crippen LogP contribution in [0.1, 0.15) is 19.4 Å². The van der Waals surface area contributed by atoms with Crippen molar-refractivity contribution in [2.24, 2.45) is 0 Å². The Morgan fingerprint density at radius 2 is 1.86 bits per heavy atom. The summed E-state index contributed by atoms with van der Waals surface area (Å²) in [7, 11) is 0. The van der Waals surface area contributed by atoms with Crippen molar-refractivity contribution in [1.82, 2.24) is 0 Å². The van der Waals surface area contributed by atoms with Crippen LogP contribution in [0.5, 0.6) is 0 Å². The molecule has 0 atom stereocenters. The first kappa shape index (κ1) is 11.7. The predicted octanol–water partition coefficient (Wildman–Crippen LogP) is 3.58. The van der Waals surface area contributed by atoms with Crippen molar-refractivity contribution in [3.05, 3.63) is 34.9 Å². The maximum absolute atomic E-state index is 11.6. The van der Waals surface area contributed by atoms with E-state index in [1.165, 1.54) is 0 Å². The number of halogens is 2. The van der Waals surface area contributed by atoms with Gasteiger partial charge in [-0.2, -0.15) is 0 Å². The van der Waals surface area contributed by atoms with Crippen LogP contribution >= 0.6 is 27.5 Å². The second-order valence-electron chi connectivity index (χ2n) is 3.69. The number of ketones is 1. The highest BCUT2D eigenvalue weighted by Gasteiger charge is 2.28. The summed E-state index contributed by atoms with van der Waals surface area (Å²) in [6, 6.07) is 7.39. The van der Waals surface area contributed by atoms with Crippen LogP contribution in [0.4, 0.5) is 0 Å². The third kappa shape index (κ3) is 2.37. The van der Waals surface area contributed by atoms with Gasteiger partial charge in [0, 0.05) is 10.4 Å². The van der Waals surface area contributed by atoms with Gasteiger partial charge >= 0.3 is 0 Å². The highest BCUT2D eigenvalue weighted by Crippen LogP contribution is 2.26. The van der Waals surface area contributed by atoms with Crippen LogP contribution in [-0.4, -0.2) is 11.1 Å². The number of hydrogen-bond acceptors (Lipinski definition) is 1. The summed E-state index contributed by atoms with van der Waals surface area (Å²) >= 11 is 8.97. The quantitative estimate of drug-likeness (QED) is 0.771. The third-order valence-electron chi connectivity index (χ3n) is 2.38. The minimum atomic E-state index is -0.450. The minimum Gasteiger partial charge on any atom is -0.298 e. The molecule has 0 N–H and O–H groups in total. The summed E-state index contributed by atoms with van der Waals surface area (Å²) in [5.74, 6) is 0.167. The number of rotatable bonds is 3. The average Bonchev–Trinajstić information content (AvgIpc) is 2.17. The van der Waals surface area contributed by atoms with Crippen LogP contribution in [-0.2, 0) is 10.2 Å². The van der Waals surface area contributed by atoms with E-state index in [-0.39, 0.29) is 5.78 Å². The first-order valence-electron chi connectivity index (χ1n) is 4.34. The van der Waals surface area contributed by atoms with Crippen molar-refractivity contribution in [1.29, 1.82) is 0 Å². The van der Waals surface area contributed by atoms with Gasteiger partial charge in [-0.3, -0.25) is 4.79 Å². The van der Waals surface area contributed by atoms with E-state index >= 15 is 0 Å². The average molecular weight is 276 g/mol. The third-order valence-corrected chi connectivity index (χ3v) is 3.15. The molecule has 0 saturated carbocycles. The summed E-state index contributed by atoms with van der Waals surface area (Å²) in [4.78, 5) is 11.6. The zero-order chi connectivity index (χ0) is 10.8. The van der Waals surface area contributed by atoms with Gasteiger partial charge in [0.05, 0.1) is 5.33 Å². The summed E-state index contributed by atoms with van der Waals surface area (Å²) in [5.41, 5.74) is 0.542. The molecular formula is C11H12BrClO. The second kappa shape index (κ2) is 4.45. The van der Waals surface area contributed by atoms with E-state index in [0.717, 1.165) is 5.56 Å². The molecule has 0 radical (unpaired) electrons. The maximum Gasteiger partial charge on any atom is 0.153 e. The van der Waals surface area contributed by atoms with E-state index in [1.807, 2.05) is 26.0 Å². The van der Waals surface area contributed by atoms with Crippen molar-refractivity contribution in [2.45, 2.75) is 19.3 Å². The molecule has 1 nitrogen and oxygen atoms in total. The van der Waals surface area contributed by atoms with E-state index in [0.29, 0.717) is 10.4 Å². The Hall–Kier alpha value is -0.340. The zero-order valence-corrected chi connectivity index (χ0v) is 10.5. The van der Waals surface area contributed by atoms with Crippen LogP contribution in [0.15, 0.2) is 24.3 Å². The Balaban J connectivity index is 3.03. The molecule has 14 heavy (non-hydrogen) atoms. The van der Waals surface area contributed by atoms with Crippen LogP contribution < -0.4 is 0 Å². The largest absolute Gasteiger partial charge is 0.298 e. The van der Waals surface area contributed by atoms with Gasteiger partial charge in [0.25, 0.3) is 0 Å². The highest BCUT2D eigenvalue weighted by molar-refractivity contribution is 9.09. The molecule has 3 heteroatoms. The summed E-state index contributed by atoms with van der Waals surface area (Å²) in [6.07, 6.45) is 0. The van der Waals surface area contributed by atoms with Gasteiger partial charge in [-0.15, -0.1) is 0 Å². The minimum absolute atomic E-state index is 0.167. The van der Waals surface area contributed by atoms with Crippen molar-refractivity contribution < 1.29 is 4.79 Å². The summed E-state index contributed by atoms with van der Waals surface area (Å²) in [6.45, 7) is 3.83. The monoisotopic (exact) mass is 274 g/mol. The Labute approximate surface area is 97.6 Å². The topological polar surface area (TPSA) is 17.1 Å². The molecule has 1 aromatic carbocycles. The lowest BCUT2D eigenvalue weighted by atomic mass is 9.81. The number of alkyl halides is 1. The lowest BCUT2D eigenvalue weighted by Gasteiger charge is -2.22. The Kier molecular flexibility index (Phi) is 3.73. The molecule has 0 amide bonds. The molecule has 1 rings (SSSR count). The van der Waals surface area contributed by atoms with Gasteiger partial charge in [-0.1, -0.05) is 39.7 Å². The lowest BCUT2D eigenvalue weighted by molar-refractivity contribution is -0.120. The first-order chi connectivity index (χ1) is 6.48. The van der Waals surface area contributed by atoms with Gasteiger partial charge in [-0.05, 0) is 31.5 Å². The highest BCUT2D eigenvalue weighted by atomic mass is 79.9. The second-order valence-corrected chi connectivity index (χ2v) is 4.69. The van der Waals surface area contributed by atoms with Gasteiger partial charge in [-0.25, -0.2) is 0 Å². The molecule has 0 spiro atoms. The van der Waals surface area contributed by atoms with Crippen molar-refractivity contribution >= 4 is 33.3 Å². The van der Waals surface area contributed by atoms with Crippen molar-refractivity contribution in [2.75, 3.05) is 5.33 Å². The zero-order valence-electron chi connectivity index (χ0n) is 8.18. The van der Waals surface area contributed by atoms with Gasteiger partial charge in [0.2, 0.25) is 0 Å². The van der Waals surface area contributed by atoms with Gasteiger partial charge in [0.1, 0.15) is 0 Å². The van der Waals surface area contributed by atoms with Crippen molar-refractivity contribution in [3.8, 4) is 0 Å². The molecule has 0 aromatic heterocycles. The fourth-order valence-corrected chi connectivity index (χ4v) is 2.02. The molecule has 0 fully saturated rings. The van der Waals surface area contributed by atoms with E-state index < -0.39 is 5.41 Å². The molecule has 76 valence electrons. The first-order valence-corrected chi connectivity index (χ1v) is 5.83. The fourth-order valence-electron chi connectivity index (χ4n) is 1.19. The Morgan fingerprint density at radius 3 is 2.29 bits per heavy atom. The number of Topliss-reactive ketones (excluding diaryl/α,β-unsaturated/α-hetero) is 1. The molecule has 0 saturated heterocycles. The molecule has 0 unspecified atom stereocenters. The Morgan fingerprint density at radius 1 is 1.36 bits per heavy atom. The van der Waals surface area contributed by atoms with Crippen molar-refractivity contribution in [3.63, 3.8) is 0 Å². The van der Waals surface area contributed by atoms with Crippen LogP contribution in [0.25, 0.3) is 0 Å². The number of hydrogen-bond donors (Lipinski definition) is 0. The number of carbonyl (C=O) groups excluding carboxylic acids is 1. The summed E-state index contributed by atoms with van der Waals surface area (Å²) in [5, 5.41) is 1.07. The van der Waals surface area contributed by atoms with E-state index in [4.69, 9.17) is 11.6 Å². The van der Waals surface area contributed by atoms with E-state index in [1.54, 1.807) is 12.1 Å². The molecular weight excluding hydrogens is 263 g/mol. The molecule has 1 aromatic rings. The number of benzene rings is 1. The molecule has 0 aliphatic carbocycles. The molecule has 0 aliphatic heterocycles. The summed E-state index contributed by atoms with van der Waals surface area (Å²) < 4.78 is 0. The standard InChI is InChI=1S/C11H12BrClO/c1-11(2,10(14)7-12)8-3-5-9(13)6-4-8/h3-6H,7H2,1-2H3. The normalized spacial score (nSPS) is 11.4. The van der Waals surface area contributed by atoms with Gasteiger partial charge in [0.15, 0.2) is 5.78 Å². The van der Waals surface area contributed by atoms with Gasteiger partial charge < -0.3 is 0 Å². The molecule has 0 bridgehead atoms. The molecule has 0 heterocycles. The molecule has 0 aliphatic rings. The van der Waals surface area contributed by atoms with Crippen LogP contribution in [0.2, 0.25) is 5.02 Å².